The fourth-order valence-electron chi connectivity index (χ4n) is 2.52. The molecule has 1 saturated heterocycles. The Bertz CT molecular complexity index is 655. The molecule has 5 nitrogen and oxygen atoms in total. The number of aryl methyl sites for hydroxylation is 1. The van der Waals surface area contributed by atoms with Gasteiger partial charge < -0.3 is 4.90 Å². The van der Waals surface area contributed by atoms with Crippen LogP contribution < -0.4 is 4.90 Å². The van der Waals surface area contributed by atoms with Crippen LogP contribution in [-0.4, -0.2) is 32.9 Å². The molecule has 2 aromatic heterocycles. The lowest BCUT2D eigenvalue weighted by Crippen LogP contribution is -2.23. The van der Waals surface area contributed by atoms with Crippen molar-refractivity contribution in [2.24, 2.45) is 0 Å². The maximum atomic E-state index is 12.9. The minimum Gasteiger partial charge on any atom is -0.355 e. The molecule has 8 heteroatoms. The summed E-state index contributed by atoms with van der Waals surface area (Å²) in [5.74, 6) is -0.478. The number of fused-ring (bicyclic) bond motifs is 1. The van der Waals surface area contributed by atoms with Crippen LogP contribution in [0.3, 0.4) is 0 Å². The van der Waals surface area contributed by atoms with E-state index >= 15 is 0 Å². The fraction of sp³-hybridized carbons (Fsp3) is 0.583. The molecule has 2 aromatic rings. The van der Waals surface area contributed by atoms with E-state index in [9.17, 15) is 13.2 Å². The molecule has 1 aliphatic heterocycles. The third-order valence-corrected chi connectivity index (χ3v) is 3.73. The van der Waals surface area contributed by atoms with Crippen molar-refractivity contribution in [2.75, 3.05) is 18.0 Å². The number of aromatic nitrogens is 4. The van der Waals surface area contributed by atoms with E-state index in [0.717, 1.165) is 36.0 Å². The van der Waals surface area contributed by atoms with Crippen molar-refractivity contribution in [1.82, 2.24) is 19.8 Å². The minimum absolute atomic E-state index is 0.165. The summed E-state index contributed by atoms with van der Waals surface area (Å²) in [4.78, 5) is 2.02. The van der Waals surface area contributed by atoms with E-state index in [-0.39, 0.29) is 5.65 Å². The highest BCUT2D eigenvalue weighted by Crippen LogP contribution is 2.31. The van der Waals surface area contributed by atoms with Gasteiger partial charge in [0.2, 0.25) is 0 Å². The van der Waals surface area contributed by atoms with Crippen molar-refractivity contribution < 1.29 is 13.2 Å². The van der Waals surface area contributed by atoms with Gasteiger partial charge in [-0.2, -0.15) is 17.7 Å². The Labute approximate surface area is 113 Å². The zero-order valence-corrected chi connectivity index (χ0v) is 11.2. The number of rotatable bonds is 1. The molecule has 20 heavy (non-hydrogen) atoms. The first-order valence-electron chi connectivity index (χ1n) is 6.44. The second kappa shape index (κ2) is 4.32. The van der Waals surface area contributed by atoms with E-state index < -0.39 is 12.0 Å². The summed E-state index contributed by atoms with van der Waals surface area (Å²) >= 11 is 0. The third-order valence-electron chi connectivity index (χ3n) is 3.73. The van der Waals surface area contributed by atoms with E-state index in [4.69, 9.17) is 0 Å². The molecule has 0 amide bonds. The summed E-state index contributed by atoms with van der Waals surface area (Å²) in [6, 6.07) is 0. The molecule has 108 valence electrons. The highest BCUT2D eigenvalue weighted by atomic mass is 19.4. The highest BCUT2D eigenvalue weighted by molar-refractivity contribution is 5.59. The van der Waals surface area contributed by atoms with E-state index in [0.29, 0.717) is 11.4 Å². The molecular weight excluding hydrogens is 271 g/mol. The number of anilines is 1. The van der Waals surface area contributed by atoms with Crippen LogP contribution in [0.15, 0.2) is 0 Å². The molecule has 0 N–H and O–H groups in total. The van der Waals surface area contributed by atoms with E-state index in [2.05, 4.69) is 15.3 Å². The summed E-state index contributed by atoms with van der Waals surface area (Å²) in [5, 5.41) is 11.0. The van der Waals surface area contributed by atoms with Crippen molar-refractivity contribution in [3.63, 3.8) is 0 Å². The van der Waals surface area contributed by atoms with Gasteiger partial charge in [-0.25, -0.2) is 0 Å². The van der Waals surface area contributed by atoms with Crippen LogP contribution >= 0.6 is 0 Å². The smallest absolute Gasteiger partial charge is 0.355 e. The monoisotopic (exact) mass is 285 g/mol. The molecule has 0 atom stereocenters. The molecule has 0 radical (unpaired) electrons. The Balaban J connectivity index is 2.24. The molecule has 0 saturated carbocycles. The Morgan fingerprint density at radius 2 is 1.65 bits per heavy atom. The molecule has 1 fully saturated rings. The van der Waals surface area contributed by atoms with E-state index in [1.54, 1.807) is 6.92 Å². The van der Waals surface area contributed by atoms with Crippen LogP contribution in [0.4, 0.5) is 19.0 Å². The average Bonchev–Trinajstić information content (AvgIpc) is 3.00. The van der Waals surface area contributed by atoms with Crippen molar-refractivity contribution in [2.45, 2.75) is 32.9 Å². The number of hydrogen-bond donors (Lipinski definition) is 0. The van der Waals surface area contributed by atoms with Gasteiger partial charge in [0.25, 0.3) is 5.82 Å². The van der Waals surface area contributed by atoms with Crippen molar-refractivity contribution in [3.05, 3.63) is 17.0 Å². The molecule has 0 spiro atoms. The second-order valence-corrected chi connectivity index (χ2v) is 5.02. The topological polar surface area (TPSA) is 46.3 Å². The summed E-state index contributed by atoms with van der Waals surface area (Å²) in [6.07, 6.45) is -2.49. The number of nitrogens with zero attached hydrogens (tertiary/aromatic N) is 5. The maximum absolute atomic E-state index is 12.9. The van der Waals surface area contributed by atoms with Crippen LogP contribution in [0, 0.1) is 13.8 Å². The lowest BCUT2D eigenvalue weighted by molar-refractivity contribution is -0.146. The van der Waals surface area contributed by atoms with Crippen LogP contribution in [0.1, 0.15) is 29.8 Å². The third kappa shape index (κ3) is 1.90. The van der Waals surface area contributed by atoms with Crippen LogP contribution in [0.2, 0.25) is 0 Å². The van der Waals surface area contributed by atoms with E-state index in [1.807, 2.05) is 11.8 Å². The van der Waals surface area contributed by atoms with Gasteiger partial charge in [0.1, 0.15) is 0 Å². The number of alkyl halides is 3. The molecule has 0 unspecified atom stereocenters. The summed E-state index contributed by atoms with van der Waals surface area (Å²) < 4.78 is 39.6. The first-order chi connectivity index (χ1) is 9.39. The van der Waals surface area contributed by atoms with Crippen LogP contribution in [0.25, 0.3) is 5.65 Å². The predicted molar refractivity (Wildman–Crippen MR) is 66.7 cm³/mol. The fourth-order valence-corrected chi connectivity index (χ4v) is 2.52. The highest BCUT2D eigenvalue weighted by Gasteiger charge is 2.38. The largest absolute Gasteiger partial charge is 0.453 e. The number of hydrogen-bond acceptors (Lipinski definition) is 4. The molecule has 0 bridgehead atoms. The maximum Gasteiger partial charge on any atom is 0.453 e. The summed E-state index contributed by atoms with van der Waals surface area (Å²) in [5.41, 5.74) is 1.71. The first kappa shape index (κ1) is 13.1. The zero-order valence-electron chi connectivity index (χ0n) is 11.2. The summed E-state index contributed by atoms with van der Waals surface area (Å²) in [7, 11) is 0. The summed E-state index contributed by atoms with van der Waals surface area (Å²) in [6.45, 7) is 5.25. The molecule has 3 rings (SSSR count). The SMILES string of the molecule is Cc1c(N2CCCC2)nn2c(C(F)(F)F)nnc2c1C. The normalized spacial score (nSPS) is 16.4. The second-order valence-electron chi connectivity index (χ2n) is 5.02. The van der Waals surface area contributed by atoms with Gasteiger partial charge in [-0.3, -0.25) is 0 Å². The Morgan fingerprint density at radius 3 is 2.25 bits per heavy atom. The average molecular weight is 285 g/mol. The van der Waals surface area contributed by atoms with Gasteiger partial charge in [0.15, 0.2) is 11.5 Å². The molecule has 3 heterocycles. The Kier molecular flexibility index (Phi) is 2.84. The first-order valence-corrected chi connectivity index (χ1v) is 6.44. The van der Waals surface area contributed by atoms with Crippen molar-refractivity contribution in [1.29, 1.82) is 0 Å². The molecular formula is C12H14F3N5. The Morgan fingerprint density at radius 1 is 1.00 bits per heavy atom. The lowest BCUT2D eigenvalue weighted by Gasteiger charge is -2.20. The molecule has 0 aliphatic carbocycles. The van der Waals surface area contributed by atoms with Gasteiger partial charge in [0, 0.05) is 24.2 Å². The van der Waals surface area contributed by atoms with Crippen molar-refractivity contribution >= 4 is 11.5 Å². The molecule has 1 aliphatic rings. The van der Waals surface area contributed by atoms with Crippen LogP contribution in [-0.2, 0) is 6.18 Å². The van der Waals surface area contributed by atoms with Gasteiger partial charge in [-0.1, -0.05) is 0 Å². The Hall–Kier alpha value is -1.86. The van der Waals surface area contributed by atoms with Gasteiger partial charge in [-0.15, -0.1) is 15.3 Å². The minimum atomic E-state index is -4.56. The lowest BCUT2D eigenvalue weighted by atomic mass is 10.2. The van der Waals surface area contributed by atoms with Gasteiger partial charge in [-0.05, 0) is 26.7 Å². The van der Waals surface area contributed by atoms with E-state index in [1.165, 1.54) is 0 Å². The van der Waals surface area contributed by atoms with Gasteiger partial charge in [0.05, 0.1) is 0 Å². The predicted octanol–water partition coefficient (Wildman–Crippen LogP) is 2.36. The number of halogens is 3. The zero-order chi connectivity index (χ0) is 14.5. The van der Waals surface area contributed by atoms with Gasteiger partial charge >= 0.3 is 6.18 Å². The van der Waals surface area contributed by atoms with Crippen molar-refractivity contribution in [3.8, 4) is 0 Å². The molecule has 0 aromatic carbocycles. The standard InChI is InChI=1S/C12H14F3N5/c1-7-8(2)10(19-5-3-4-6-19)18-20-9(7)16-17-11(20)12(13,14)15/h3-6H2,1-2H3. The van der Waals surface area contributed by atoms with Crippen LogP contribution in [0.5, 0.6) is 0 Å². The quantitative estimate of drug-likeness (QED) is 0.807.